The third-order valence-electron chi connectivity index (χ3n) is 6.58. The van der Waals surface area contributed by atoms with Crippen LogP contribution >= 0.6 is 0 Å². The van der Waals surface area contributed by atoms with E-state index in [2.05, 4.69) is 19.9 Å². The summed E-state index contributed by atoms with van der Waals surface area (Å²) >= 11 is 0. The molecule has 2 rings (SSSR count). The Morgan fingerprint density at radius 2 is 1.87 bits per heavy atom. The molecule has 0 bridgehead atoms. The molecule has 0 aliphatic heterocycles. The SMILES string of the molecule is COc1cc(OCCCCCCCC(C)C)ccc1CC[C@@](N)(CO)CC1CCC1. The lowest BCUT2D eigenvalue weighted by Gasteiger charge is -2.36. The first-order valence-electron chi connectivity index (χ1n) is 12.2. The summed E-state index contributed by atoms with van der Waals surface area (Å²) in [7, 11) is 1.70. The van der Waals surface area contributed by atoms with Crippen molar-refractivity contribution < 1.29 is 14.6 Å². The fraction of sp³-hybridized carbons (Fsp3) is 0.769. The molecule has 0 unspecified atom stereocenters. The molecule has 1 aliphatic carbocycles. The van der Waals surface area contributed by atoms with E-state index in [0.717, 1.165) is 55.3 Å². The van der Waals surface area contributed by atoms with Crippen LogP contribution in [0.1, 0.15) is 90.0 Å². The highest BCUT2D eigenvalue weighted by atomic mass is 16.5. The van der Waals surface area contributed by atoms with Gasteiger partial charge in [0.1, 0.15) is 11.5 Å². The van der Waals surface area contributed by atoms with Crippen molar-refractivity contribution in [1.82, 2.24) is 0 Å². The number of hydrogen-bond donors (Lipinski definition) is 2. The third kappa shape index (κ3) is 8.85. The van der Waals surface area contributed by atoms with Crippen LogP contribution in [0, 0.1) is 11.8 Å². The maximum atomic E-state index is 9.84. The lowest BCUT2D eigenvalue weighted by Crippen LogP contribution is -2.46. The maximum Gasteiger partial charge on any atom is 0.125 e. The van der Waals surface area contributed by atoms with E-state index in [4.69, 9.17) is 15.2 Å². The molecule has 1 aliphatic rings. The number of nitrogens with two attached hydrogens (primary N) is 1. The number of unbranched alkanes of at least 4 members (excludes halogenated alkanes) is 4. The average molecular weight is 420 g/mol. The van der Waals surface area contributed by atoms with Crippen LogP contribution in [0.25, 0.3) is 0 Å². The number of rotatable bonds is 16. The predicted octanol–water partition coefficient (Wildman–Crippen LogP) is 5.88. The molecule has 4 heteroatoms. The molecule has 172 valence electrons. The Labute approximate surface area is 184 Å². The van der Waals surface area contributed by atoms with Crippen molar-refractivity contribution in [2.45, 2.75) is 96.4 Å². The fourth-order valence-electron chi connectivity index (χ4n) is 4.30. The quantitative estimate of drug-likeness (QED) is 0.328. The topological polar surface area (TPSA) is 64.7 Å². The summed E-state index contributed by atoms with van der Waals surface area (Å²) in [6.07, 6.45) is 14.0. The Morgan fingerprint density at radius 1 is 1.13 bits per heavy atom. The first kappa shape index (κ1) is 25.0. The van der Waals surface area contributed by atoms with Gasteiger partial charge in [-0.2, -0.15) is 0 Å². The first-order valence-corrected chi connectivity index (χ1v) is 12.2. The zero-order chi connectivity index (χ0) is 21.8. The van der Waals surface area contributed by atoms with Gasteiger partial charge in [0.25, 0.3) is 0 Å². The average Bonchev–Trinajstić information content (AvgIpc) is 2.71. The molecular formula is C26H45NO3. The molecule has 0 heterocycles. The standard InChI is InChI=1S/C26H45NO3/c1-21(2)10-7-5-4-6-8-17-30-24-14-13-23(25(18-24)29-3)15-16-26(27,20-28)19-22-11-9-12-22/h13-14,18,21-22,28H,4-12,15-17,19-20,27H2,1-3H3/t26-/m0/s1. The minimum Gasteiger partial charge on any atom is -0.496 e. The molecule has 1 aromatic carbocycles. The van der Waals surface area contributed by atoms with Gasteiger partial charge in [-0.1, -0.05) is 71.3 Å². The van der Waals surface area contributed by atoms with Gasteiger partial charge in [0, 0.05) is 11.6 Å². The zero-order valence-electron chi connectivity index (χ0n) is 19.6. The summed E-state index contributed by atoms with van der Waals surface area (Å²) in [5, 5.41) is 9.84. The van der Waals surface area contributed by atoms with Gasteiger partial charge in [0.15, 0.2) is 0 Å². The zero-order valence-corrected chi connectivity index (χ0v) is 19.6. The smallest absolute Gasteiger partial charge is 0.125 e. The third-order valence-corrected chi connectivity index (χ3v) is 6.58. The fourth-order valence-corrected chi connectivity index (χ4v) is 4.30. The highest BCUT2D eigenvalue weighted by Crippen LogP contribution is 2.35. The lowest BCUT2D eigenvalue weighted by molar-refractivity contribution is 0.135. The number of ether oxygens (including phenoxy) is 2. The number of aryl methyl sites for hydroxylation is 1. The molecule has 3 N–H and O–H groups in total. The van der Waals surface area contributed by atoms with Crippen LogP contribution in [0.5, 0.6) is 11.5 Å². The minimum atomic E-state index is -0.486. The van der Waals surface area contributed by atoms with Crippen molar-refractivity contribution in [2.75, 3.05) is 20.3 Å². The lowest BCUT2D eigenvalue weighted by atomic mass is 9.75. The van der Waals surface area contributed by atoms with Crippen LogP contribution in [0.3, 0.4) is 0 Å². The van der Waals surface area contributed by atoms with E-state index in [-0.39, 0.29) is 6.61 Å². The Hall–Kier alpha value is -1.26. The van der Waals surface area contributed by atoms with E-state index in [9.17, 15) is 5.11 Å². The molecule has 4 nitrogen and oxygen atoms in total. The predicted molar refractivity (Wildman–Crippen MR) is 125 cm³/mol. The van der Waals surface area contributed by atoms with E-state index < -0.39 is 5.54 Å². The number of hydrogen-bond acceptors (Lipinski definition) is 4. The van der Waals surface area contributed by atoms with Crippen LogP contribution < -0.4 is 15.2 Å². The Morgan fingerprint density at radius 3 is 2.50 bits per heavy atom. The van der Waals surface area contributed by atoms with Gasteiger partial charge in [-0.25, -0.2) is 0 Å². The van der Waals surface area contributed by atoms with E-state index in [0.29, 0.717) is 5.92 Å². The normalized spacial score (nSPS) is 16.3. The van der Waals surface area contributed by atoms with Gasteiger partial charge in [-0.05, 0) is 49.1 Å². The van der Waals surface area contributed by atoms with Gasteiger partial charge < -0.3 is 20.3 Å². The maximum absolute atomic E-state index is 9.84. The van der Waals surface area contributed by atoms with Gasteiger partial charge in [-0.15, -0.1) is 0 Å². The van der Waals surface area contributed by atoms with Gasteiger partial charge in [-0.3, -0.25) is 0 Å². The van der Waals surface area contributed by atoms with Crippen molar-refractivity contribution in [3.8, 4) is 11.5 Å². The van der Waals surface area contributed by atoms with Gasteiger partial charge >= 0.3 is 0 Å². The van der Waals surface area contributed by atoms with Gasteiger partial charge in [0.05, 0.1) is 20.3 Å². The molecule has 0 amide bonds. The summed E-state index contributed by atoms with van der Waals surface area (Å²) in [4.78, 5) is 0. The summed E-state index contributed by atoms with van der Waals surface area (Å²) in [6, 6.07) is 6.10. The van der Waals surface area contributed by atoms with E-state index in [1.165, 1.54) is 51.4 Å². The van der Waals surface area contributed by atoms with Crippen LogP contribution in [-0.2, 0) is 6.42 Å². The summed E-state index contributed by atoms with van der Waals surface area (Å²) in [5.41, 5.74) is 7.15. The second kappa shape index (κ2) is 13.2. The van der Waals surface area contributed by atoms with Crippen LogP contribution in [0.15, 0.2) is 18.2 Å². The summed E-state index contributed by atoms with van der Waals surface area (Å²) in [5.74, 6) is 3.23. The molecule has 0 spiro atoms. The molecule has 1 atom stereocenters. The van der Waals surface area contributed by atoms with Crippen molar-refractivity contribution >= 4 is 0 Å². The van der Waals surface area contributed by atoms with E-state index in [1.807, 2.05) is 12.1 Å². The molecule has 1 aromatic rings. The van der Waals surface area contributed by atoms with Crippen LogP contribution in [0.4, 0.5) is 0 Å². The first-order chi connectivity index (χ1) is 14.5. The van der Waals surface area contributed by atoms with E-state index in [1.54, 1.807) is 7.11 Å². The highest BCUT2D eigenvalue weighted by molar-refractivity contribution is 5.41. The Bertz CT molecular complexity index is 600. The van der Waals surface area contributed by atoms with E-state index >= 15 is 0 Å². The molecule has 1 saturated carbocycles. The number of aliphatic hydroxyl groups excluding tert-OH is 1. The molecule has 30 heavy (non-hydrogen) atoms. The summed E-state index contributed by atoms with van der Waals surface area (Å²) in [6.45, 7) is 5.39. The van der Waals surface area contributed by atoms with Crippen LogP contribution in [0.2, 0.25) is 0 Å². The Balaban J connectivity index is 1.73. The minimum absolute atomic E-state index is 0.0461. The molecule has 0 radical (unpaired) electrons. The molecule has 0 aromatic heterocycles. The molecule has 0 saturated heterocycles. The van der Waals surface area contributed by atoms with Crippen molar-refractivity contribution in [3.05, 3.63) is 23.8 Å². The number of aliphatic hydroxyl groups is 1. The highest BCUT2D eigenvalue weighted by Gasteiger charge is 2.31. The van der Waals surface area contributed by atoms with Gasteiger partial charge in [0.2, 0.25) is 0 Å². The van der Waals surface area contributed by atoms with Crippen molar-refractivity contribution in [3.63, 3.8) is 0 Å². The number of methoxy groups -OCH3 is 1. The molecule has 1 fully saturated rings. The monoisotopic (exact) mass is 419 g/mol. The Kier molecular flexibility index (Phi) is 11.0. The number of benzene rings is 1. The van der Waals surface area contributed by atoms with Crippen LogP contribution in [-0.4, -0.2) is 31.0 Å². The molecular weight excluding hydrogens is 374 g/mol. The second-order valence-corrected chi connectivity index (χ2v) is 9.79. The summed E-state index contributed by atoms with van der Waals surface area (Å²) < 4.78 is 11.6. The van der Waals surface area contributed by atoms with Crippen molar-refractivity contribution in [1.29, 1.82) is 0 Å². The van der Waals surface area contributed by atoms with Crippen molar-refractivity contribution in [2.24, 2.45) is 17.6 Å². The largest absolute Gasteiger partial charge is 0.496 e. The second-order valence-electron chi connectivity index (χ2n) is 9.79.